The van der Waals surface area contributed by atoms with Crippen LogP contribution in [0.4, 0.5) is 0 Å². The van der Waals surface area contributed by atoms with Gasteiger partial charge in [-0.2, -0.15) is 0 Å². The summed E-state index contributed by atoms with van der Waals surface area (Å²) >= 11 is -2.15. The Balaban J connectivity index is 2.44. The van der Waals surface area contributed by atoms with E-state index in [4.69, 9.17) is 4.42 Å². The van der Waals surface area contributed by atoms with Crippen molar-refractivity contribution in [2.45, 2.75) is 5.75 Å². The summed E-state index contributed by atoms with van der Waals surface area (Å²) < 4.78 is 25.9. The van der Waals surface area contributed by atoms with Gasteiger partial charge in [0.25, 0.3) is 0 Å². The molecule has 0 aliphatic heterocycles. The first kappa shape index (κ1) is 8.40. The highest BCUT2D eigenvalue weighted by atomic mass is 32.2. The number of rotatable bonds is 2. The second-order valence-electron chi connectivity index (χ2n) is 2.52. The molecule has 5 heteroatoms. The molecule has 1 aromatic carbocycles. The number of hydrogen-bond donors (Lipinski definition) is 0. The molecule has 0 aliphatic carbocycles. The highest BCUT2D eigenvalue weighted by Crippen LogP contribution is 2.15. The molecule has 0 saturated heterocycles. The number of fused-ring (bicyclic) bond motifs is 1. The average Bonchev–Trinajstić information content (AvgIpc) is 2.44. The molecule has 1 heterocycles. The lowest BCUT2D eigenvalue weighted by Crippen LogP contribution is -1.92. The van der Waals surface area contributed by atoms with Crippen molar-refractivity contribution in [2.75, 3.05) is 0 Å². The maximum Gasteiger partial charge on any atom is 0.206 e. The molecule has 4 nitrogen and oxygen atoms in total. The van der Waals surface area contributed by atoms with Gasteiger partial charge in [0.1, 0.15) is 5.52 Å². The van der Waals surface area contributed by atoms with Gasteiger partial charge in [-0.05, 0) is 23.2 Å². The van der Waals surface area contributed by atoms with Gasteiger partial charge in [-0.1, -0.05) is 12.1 Å². The van der Waals surface area contributed by atoms with Crippen LogP contribution < -0.4 is 0 Å². The minimum atomic E-state index is -2.15. The lowest BCUT2D eigenvalue weighted by Gasteiger charge is -1.98. The predicted molar refractivity (Wildman–Crippen MR) is 46.6 cm³/mol. The van der Waals surface area contributed by atoms with Crippen LogP contribution in [0.3, 0.4) is 0 Å². The van der Waals surface area contributed by atoms with Crippen molar-refractivity contribution in [2.24, 2.45) is 0 Å². The molecule has 68 valence electrons. The Labute approximate surface area is 76.9 Å². The molecule has 1 atom stereocenters. The van der Waals surface area contributed by atoms with Crippen LogP contribution in [-0.2, 0) is 16.8 Å². The number of nitrogens with zero attached hydrogens (tertiary/aromatic N) is 1. The molecular formula is C8H6NO3S-. The molecule has 0 aliphatic rings. The van der Waals surface area contributed by atoms with Crippen LogP contribution in [0, 0.1) is 0 Å². The molecule has 0 saturated carbocycles. The van der Waals surface area contributed by atoms with Gasteiger partial charge in [0.05, 0.1) is 5.75 Å². The largest absolute Gasteiger partial charge is 0.772 e. The molecule has 2 rings (SSSR count). The first-order valence-electron chi connectivity index (χ1n) is 3.66. The number of hydrogen-bond acceptors (Lipinski definition) is 4. The van der Waals surface area contributed by atoms with Crippen LogP contribution in [0.5, 0.6) is 0 Å². The highest BCUT2D eigenvalue weighted by Gasteiger charge is 2.03. The summed E-state index contributed by atoms with van der Waals surface area (Å²) in [4.78, 5) is 3.99. The first-order chi connectivity index (χ1) is 6.25. The summed E-state index contributed by atoms with van der Waals surface area (Å²) in [6.45, 7) is 0. The van der Waals surface area contributed by atoms with Crippen LogP contribution in [0.15, 0.2) is 28.7 Å². The summed E-state index contributed by atoms with van der Waals surface area (Å²) in [5, 5.41) is 0. The standard InChI is InChI=1S/C8H7NO3S/c10-13(11)5-8-9-6-3-1-2-4-7(6)12-8/h1-4H,5H2,(H,10,11)/p-1. The normalized spacial score (nSPS) is 13.3. The fourth-order valence-electron chi connectivity index (χ4n) is 1.08. The number of benzene rings is 1. The zero-order valence-corrected chi connectivity index (χ0v) is 7.41. The Bertz CT molecular complexity index is 418. The second kappa shape index (κ2) is 3.27. The molecule has 0 bridgehead atoms. The number of aromatic nitrogens is 1. The highest BCUT2D eigenvalue weighted by molar-refractivity contribution is 7.78. The van der Waals surface area contributed by atoms with Gasteiger partial charge in [0, 0.05) is 0 Å². The molecule has 13 heavy (non-hydrogen) atoms. The monoisotopic (exact) mass is 196 g/mol. The minimum absolute atomic E-state index is 0.172. The Morgan fingerprint density at radius 3 is 2.92 bits per heavy atom. The molecule has 1 unspecified atom stereocenters. The van der Waals surface area contributed by atoms with Gasteiger partial charge in [0.2, 0.25) is 5.89 Å². The van der Waals surface area contributed by atoms with Crippen molar-refractivity contribution in [3.05, 3.63) is 30.2 Å². The van der Waals surface area contributed by atoms with E-state index < -0.39 is 11.1 Å². The molecule has 0 spiro atoms. The Morgan fingerprint density at radius 2 is 2.23 bits per heavy atom. The SMILES string of the molecule is O=S([O-])Cc1nc2ccccc2o1. The summed E-state index contributed by atoms with van der Waals surface area (Å²) in [6, 6.07) is 7.16. The summed E-state index contributed by atoms with van der Waals surface area (Å²) in [6.07, 6.45) is 0. The van der Waals surface area contributed by atoms with Crippen LogP contribution >= 0.6 is 0 Å². The zero-order valence-electron chi connectivity index (χ0n) is 6.60. The molecule has 0 amide bonds. The number of para-hydroxylation sites is 2. The maximum absolute atomic E-state index is 10.3. The third kappa shape index (κ3) is 1.76. The van der Waals surface area contributed by atoms with Crippen molar-refractivity contribution in [3.63, 3.8) is 0 Å². The van der Waals surface area contributed by atoms with Crippen molar-refractivity contribution in [1.29, 1.82) is 0 Å². The fourth-order valence-corrected chi connectivity index (χ4v) is 1.41. The maximum atomic E-state index is 10.3. The van der Waals surface area contributed by atoms with Gasteiger partial charge in [-0.15, -0.1) is 0 Å². The Morgan fingerprint density at radius 1 is 1.46 bits per heavy atom. The Kier molecular flexibility index (Phi) is 2.12. The van der Waals surface area contributed by atoms with E-state index in [1.165, 1.54) is 0 Å². The predicted octanol–water partition coefficient (Wildman–Crippen LogP) is 1.21. The Hall–Kier alpha value is -1.20. The van der Waals surface area contributed by atoms with E-state index in [1.54, 1.807) is 12.1 Å². The zero-order chi connectivity index (χ0) is 9.26. The average molecular weight is 196 g/mol. The van der Waals surface area contributed by atoms with E-state index in [1.807, 2.05) is 12.1 Å². The molecule has 2 aromatic rings. The van der Waals surface area contributed by atoms with E-state index >= 15 is 0 Å². The third-order valence-corrected chi connectivity index (χ3v) is 2.06. The van der Waals surface area contributed by atoms with Crippen molar-refractivity contribution in [1.82, 2.24) is 4.98 Å². The van der Waals surface area contributed by atoms with E-state index in [2.05, 4.69) is 4.98 Å². The van der Waals surface area contributed by atoms with Crippen molar-refractivity contribution < 1.29 is 13.2 Å². The van der Waals surface area contributed by atoms with Crippen molar-refractivity contribution >= 4 is 22.2 Å². The molecular weight excluding hydrogens is 190 g/mol. The van der Waals surface area contributed by atoms with Gasteiger partial charge in [-0.25, -0.2) is 4.98 Å². The minimum Gasteiger partial charge on any atom is -0.772 e. The summed E-state index contributed by atoms with van der Waals surface area (Å²) in [5.74, 6) is 0.0591. The van der Waals surface area contributed by atoms with Crippen LogP contribution in [0.1, 0.15) is 5.89 Å². The van der Waals surface area contributed by atoms with E-state index in [0.29, 0.717) is 11.1 Å². The van der Waals surface area contributed by atoms with Crippen LogP contribution in [-0.4, -0.2) is 13.7 Å². The second-order valence-corrected chi connectivity index (χ2v) is 3.42. The quantitative estimate of drug-likeness (QED) is 0.677. The molecule has 0 fully saturated rings. The topological polar surface area (TPSA) is 66.2 Å². The molecule has 0 N–H and O–H groups in total. The third-order valence-electron chi connectivity index (χ3n) is 1.58. The number of oxazole rings is 1. The summed E-state index contributed by atoms with van der Waals surface area (Å²) in [5.41, 5.74) is 1.30. The van der Waals surface area contributed by atoms with E-state index in [9.17, 15) is 8.76 Å². The van der Waals surface area contributed by atoms with E-state index in [-0.39, 0.29) is 11.6 Å². The first-order valence-corrected chi connectivity index (χ1v) is 4.90. The van der Waals surface area contributed by atoms with E-state index in [0.717, 1.165) is 0 Å². The molecule has 1 aromatic heterocycles. The fraction of sp³-hybridized carbons (Fsp3) is 0.125. The van der Waals surface area contributed by atoms with Gasteiger partial charge in [-0.3, -0.25) is 4.21 Å². The summed E-state index contributed by atoms with van der Waals surface area (Å²) in [7, 11) is 0. The van der Waals surface area contributed by atoms with Crippen LogP contribution in [0.25, 0.3) is 11.1 Å². The van der Waals surface area contributed by atoms with Gasteiger partial charge in [0.15, 0.2) is 5.58 Å². The van der Waals surface area contributed by atoms with Gasteiger partial charge >= 0.3 is 0 Å². The lowest BCUT2D eigenvalue weighted by molar-refractivity contribution is 0.513. The lowest BCUT2D eigenvalue weighted by atomic mass is 10.3. The van der Waals surface area contributed by atoms with Crippen molar-refractivity contribution in [3.8, 4) is 0 Å². The molecule has 0 radical (unpaired) electrons. The van der Waals surface area contributed by atoms with Gasteiger partial charge < -0.3 is 8.97 Å². The smallest absolute Gasteiger partial charge is 0.206 e. The van der Waals surface area contributed by atoms with Crippen LogP contribution in [0.2, 0.25) is 0 Å².